The van der Waals surface area contributed by atoms with Crippen molar-refractivity contribution in [3.8, 4) is 6.07 Å². The van der Waals surface area contributed by atoms with Crippen LogP contribution >= 0.6 is 0 Å². The molecule has 0 amide bonds. The Morgan fingerprint density at radius 3 is 2.40 bits per heavy atom. The molecule has 20 heavy (non-hydrogen) atoms. The molecule has 2 heteroatoms. The van der Waals surface area contributed by atoms with E-state index in [2.05, 4.69) is 62.1 Å². The number of nitrogens with zero attached hydrogens (tertiary/aromatic N) is 2. The predicted octanol–water partition coefficient (Wildman–Crippen LogP) is 4.28. The minimum Gasteiger partial charge on any atom is -0.364 e. The molecule has 0 aliphatic heterocycles. The second-order valence-corrected chi connectivity index (χ2v) is 5.34. The van der Waals surface area contributed by atoms with Gasteiger partial charge in [-0.2, -0.15) is 5.26 Å². The van der Waals surface area contributed by atoms with E-state index in [0.29, 0.717) is 6.04 Å². The van der Waals surface area contributed by atoms with Gasteiger partial charge in [0.25, 0.3) is 0 Å². The van der Waals surface area contributed by atoms with Gasteiger partial charge in [0, 0.05) is 12.6 Å². The lowest BCUT2D eigenvalue weighted by atomic mass is 10.1. The summed E-state index contributed by atoms with van der Waals surface area (Å²) >= 11 is 0. The highest BCUT2D eigenvalue weighted by molar-refractivity contribution is 5.61. The molecule has 2 rings (SSSR count). The van der Waals surface area contributed by atoms with Crippen molar-refractivity contribution in [3.63, 3.8) is 0 Å². The van der Waals surface area contributed by atoms with Gasteiger partial charge in [-0.3, -0.25) is 0 Å². The van der Waals surface area contributed by atoms with E-state index in [4.69, 9.17) is 0 Å². The Labute approximate surface area is 121 Å². The van der Waals surface area contributed by atoms with Crippen LogP contribution in [0, 0.1) is 18.3 Å². The van der Waals surface area contributed by atoms with Crippen LogP contribution < -0.4 is 4.90 Å². The van der Waals surface area contributed by atoms with Crippen molar-refractivity contribution in [2.75, 3.05) is 4.90 Å². The summed E-state index contributed by atoms with van der Waals surface area (Å²) in [5, 5.41) is 9.33. The molecule has 2 aromatic carbocycles. The van der Waals surface area contributed by atoms with Crippen LogP contribution in [0.4, 0.5) is 5.69 Å². The summed E-state index contributed by atoms with van der Waals surface area (Å²) in [5.74, 6) is 0. The number of hydrogen-bond donors (Lipinski definition) is 0. The Morgan fingerprint density at radius 1 is 1.10 bits per heavy atom. The number of anilines is 1. The Balaban J connectivity index is 2.39. The summed E-state index contributed by atoms with van der Waals surface area (Å²) in [5.41, 5.74) is 4.19. The normalized spacial score (nSPS) is 10.3. The summed E-state index contributed by atoms with van der Waals surface area (Å²) in [6.45, 7) is 7.20. The third kappa shape index (κ3) is 3.19. The molecule has 0 atom stereocenters. The first kappa shape index (κ1) is 14.1. The van der Waals surface area contributed by atoms with E-state index in [-0.39, 0.29) is 0 Å². The predicted molar refractivity (Wildman–Crippen MR) is 83.7 cm³/mol. The number of rotatable bonds is 4. The van der Waals surface area contributed by atoms with E-state index in [1.807, 2.05) is 18.2 Å². The Kier molecular flexibility index (Phi) is 4.42. The summed E-state index contributed by atoms with van der Waals surface area (Å²) in [6.07, 6.45) is 0. The molecule has 0 saturated heterocycles. The zero-order valence-corrected chi connectivity index (χ0v) is 12.3. The molecule has 0 saturated carbocycles. The van der Waals surface area contributed by atoms with Crippen LogP contribution in [-0.2, 0) is 6.54 Å². The average molecular weight is 264 g/mol. The molecule has 0 aliphatic rings. The second kappa shape index (κ2) is 6.25. The first-order valence-electron chi connectivity index (χ1n) is 6.93. The van der Waals surface area contributed by atoms with Gasteiger partial charge in [-0.1, -0.05) is 36.4 Å². The first-order chi connectivity index (χ1) is 9.61. The fourth-order valence-electron chi connectivity index (χ4n) is 2.30. The lowest BCUT2D eigenvalue weighted by Crippen LogP contribution is -2.30. The van der Waals surface area contributed by atoms with Gasteiger partial charge in [0.15, 0.2) is 0 Å². The maximum Gasteiger partial charge on any atom is 0.101 e. The van der Waals surface area contributed by atoms with Crippen LogP contribution in [0.15, 0.2) is 48.5 Å². The molecular weight excluding hydrogens is 244 g/mol. The van der Waals surface area contributed by atoms with Gasteiger partial charge in [-0.25, -0.2) is 0 Å². The van der Waals surface area contributed by atoms with Crippen molar-refractivity contribution < 1.29 is 0 Å². The molecule has 0 fully saturated rings. The smallest absolute Gasteiger partial charge is 0.101 e. The number of nitriles is 1. The van der Waals surface area contributed by atoms with Gasteiger partial charge in [-0.15, -0.1) is 0 Å². The highest BCUT2D eigenvalue weighted by atomic mass is 15.2. The molecule has 0 aromatic heterocycles. The molecule has 102 valence electrons. The van der Waals surface area contributed by atoms with Crippen LogP contribution in [0.1, 0.15) is 30.5 Å². The summed E-state index contributed by atoms with van der Waals surface area (Å²) < 4.78 is 0. The highest BCUT2D eigenvalue weighted by Crippen LogP contribution is 2.25. The van der Waals surface area contributed by atoms with E-state index in [0.717, 1.165) is 17.8 Å². The quantitative estimate of drug-likeness (QED) is 0.824. The lowest BCUT2D eigenvalue weighted by Gasteiger charge is -2.30. The third-order valence-electron chi connectivity index (χ3n) is 3.40. The molecule has 2 aromatic rings. The van der Waals surface area contributed by atoms with E-state index < -0.39 is 0 Å². The minimum atomic E-state index is 0.337. The Hall–Kier alpha value is -2.27. The number of benzene rings is 2. The maximum atomic E-state index is 9.33. The van der Waals surface area contributed by atoms with E-state index >= 15 is 0 Å². The van der Waals surface area contributed by atoms with E-state index in [1.165, 1.54) is 11.1 Å². The molecule has 0 bridgehead atoms. The largest absolute Gasteiger partial charge is 0.364 e. The standard InChI is InChI=1S/C18H20N2/c1-14(2)20(13-16-7-5-4-6-8-16)18-11-15(3)9-10-17(18)12-19/h4-11,14H,13H2,1-3H3. The molecular formula is C18H20N2. The van der Waals surface area contributed by atoms with Crippen molar-refractivity contribution in [1.29, 1.82) is 5.26 Å². The van der Waals surface area contributed by atoms with Crippen LogP contribution in [-0.4, -0.2) is 6.04 Å². The SMILES string of the molecule is Cc1ccc(C#N)c(N(Cc2ccccc2)C(C)C)c1. The monoisotopic (exact) mass is 264 g/mol. The molecule has 0 aliphatic carbocycles. The van der Waals surface area contributed by atoms with Crippen LogP contribution in [0.3, 0.4) is 0 Å². The van der Waals surface area contributed by atoms with E-state index in [1.54, 1.807) is 0 Å². The number of hydrogen-bond acceptors (Lipinski definition) is 2. The van der Waals surface area contributed by atoms with Gasteiger partial charge in [0.1, 0.15) is 6.07 Å². The molecule has 0 radical (unpaired) electrons. The lowest BCUT2D eigenvalue weighted by molar-refractivity contribution is 0.681. The van der Waals surface area contributed by atoms with Gasteiger partial charge < -0.3 is 4.90 Å². The van der Waals surface area contributed by atoms with Crippen molar-refractivity contribution in [3.05, 3.63) is 65.2 Å². The Morgan fingerprint density at radius 2 is 1.80 bits per heavy atom. The molecule has 0 heterocycles. The summed E-state index contributed by atoms with van der Waals surface area (Å²) in [7, 11) is 0. The van der Waals surface area contributed by atoms with Crippen LogP contribution in [0.2, 0.25) is 0 Å². The molecule has 0 N–H and O–H groups in total. The molecule has 0 spiro atoms. The fourth-order valence-corrected chi connectivity index (χ4v) is 2.30. The van der Waals surface area contributed by atoms with Crippen molar-refractivity contribution in [1.82, 2.24) is 0 Å². The van der Waals surface area contributed by atoms with Gasteiger partial charge in [0.2, 0.25) is 0 Å². The number of aryl methyl sites for hydroxylation is 1. The van der Waals surface area contributed by atoms with Crippen LogP contribution in [0.25, 0.3) is 0 Å². The topological polar surface area (TPSA) is 27.0 Å². The second-order valence-electron chi connectivity index (χ2n) is 5.34. The van der Waals surface area contributed by atoms with Gasteiger partial charge >= 0.3 is 0 Å². The zero-order chi connectivity index (χ0) is 14.5. The first-order valence-corrected chi connectivity index (χ1v) is 6.93. The Bertz CT molecular complexity index is 609. The van der Waals surface area contributed by atoms with Crippen molar-refractivity contribution in [2.24, 2.45) is 0 Å². The van der Waals surface area contributed by atoms with Crippen LogP contribution in [0.5, 0.6) is 0 Å². The highest BCUT2D eigenvalue weighted by Gasteiger charge is 2.15. The molecule has 0 unspecified atom stereocenters. The van der Waals surface area contributed by atoms with Gasteiger partial charge in [-0.05, 0) is 44.0 Å². The summed E-state index contributed by atoms with van der Waals surface area (Å²) in [6, 6.07) is 19.0. The average Bonchev–Trinajstić information content (AvgIpc) is 2.45. The maximum absolute atomic E-state index is 9.33. The third-order valence-corrected chi connectivity index (χ3v) is 3.40. The fraction of sp³-hybridized carbons (Fsp3) is 0.278. The van der Waals surface area contributed by atoms with Crippen molar-refractivity contribution >= 4 is 5.69 Å². The zero-order valence-electron chi connectivity index (χ0n) is 12.3. The minimum absolute atomic E-state index is 0.337. The van der Waals surface area contributed by atoms with Gasteiger partial charge in [0.05, 0.1) is 11.3 Å². The molecule has 2 nitrogen and oxygen atoms in total. The van der Waals surface area contributed by atoms with Crippen molar-refractivity contribution in [2.45, 2.75) is 33.4 Å². The summed E-state index contributed by atoms with van der Waals surface area (Å²) in [4.78, 5) is 2.28. The van der Waals surface area contributed by atoms with E-state index in [9.17, 15) is 5.26 Å².